The number of nitrogens with zero attached hydrogens (tertiary/aromatic N) is 5. The normalized spacial score (nSPS) is 15.5. The highest BCUT2D eigenvalue weighted by Crippen LogP contribution is 2.13. The molecule has 0 atom stereocenters. The van der Waals surface area contributed by atoms with E-state index in [2.05, 4.69) is 32.0 Å². The van der Waals surface area contributed by atoms with Crippen molar-refractivity contribution in [3.63, 3.8) is 0 Å². The summed E-state index contributed by atoms with van der Waals surface area (Å²) in [6, 6.07) is 0. The highest BCUT2D eigenvalue weighted by atomic mass is 16.5. The molecular weight excluding hydrogens is 234 g/mol. The molecule has 0 radical (unpaired) electrons. The number of aromatic nitrogens is 4. The van der Waals surface area contributed by atoms with E-state index in [0.29, 0.717) is 18.2 Å². The van der Waals surface area contributed by atoms with E-state index >= 15 is 0 Å². The molecule has 18 heavy (non-hydrogen) atoms. The van der Waals surface area contributed by atoms with Crippen LogP contribution in [0, 0.1) is 0 Å². The van der Waals surface area contributed by atoms with Crippen LogP contribution in [0.5, 0.6) is 0 Å². The molecule has 3 rings (SSSR count). The first-order valence-electron chi connectivity index (χ1n) is 5.95. The molecule has 94 valence electrons. The van der Waals surface area contributed by atoms with Crippen molar-refractivity contribution in [3.05, 3.63) is 28.5 Å². The SMILES string of the molecule is CCc1nc(N2CC=CCC2)nc2nc(=O)on12. The van der Waals surface area contributed by atoms with Crippen molar-refractivity contribution in [2.24, 2.45) is 0 Å². The molecule has 7 heteroatoms. The Labute approximate surface area is 103 Å². The summed E-state index contributed by atoms with van der Waals surface area (Å²) >= 11 is 0. The minimum absolute atomic E-state index is 0.274. The van der Waals surface area contributed by atoms with Gasteiger partial charge in [0.2, 0.25) is 5.95 Å². The largest absolute Gasteiger partial charge is 0.461 e. The van der Waals surface area contributed by atoms with Gasteiger partial charge in [-0.05, 0) is 6.42 Å². The number of fused-ring (bicyclic) bond motifs is 1. The Morgan fingerprint density at radius 3 is 2.94 bits per heavy atom. The zero-order valence-electron chi connectivity index (χ0n) is 10.0. The van der Waals surface area contributed by atoms with E-state index in [1.165, 1.54) is 4.57 Å². The minimum atomic E-state index is -0.644. The third kappa shape index (κ3) is 1.77. The van der Waals surface area contributed by atoms with Crippen LogP contribution >= 0.6 is 0 Å². The van der Waals surface area contributed by atoms with E-state index in [1.807, 2.05) is 6.92 Å². The Bertz CT molecular complexity index is 657. The Morgan fingerprint density at radius 2 is 2.22 bits per heavy atom. The molecule has 0 aliphatic carbocycles. The minimum Gasteiger partial charge on any atom is -0.337 e. The Hall–Kier alpha value is -2.18. The van der Waals surface area contributed by atoms with Crippen LogP contribution in [-0.2, 0) is 6.42 Å². The number of anilines is 1. The maximum absolute atomic E-state index is 11.2. The van der Waals surface area contributed by atoms with Crippen LogP contribution in [0.2, 0.25) is 0 Å². The monoisotopic (exact) mass is 247 g/mol. The Morgan fingerprint density at radius 1 is 1.33 bits per heavy atom. The van der Waals surface area contributed by atoms with Crippen LogP contribution in [0.1, 0.15) is 19.2 Å². The zero-order valence-corrected chi connectivity index (χ0v) is 10.0. The fraction of sp³-hybridized carbons (Fsp3) is 0.455. The van der Waals surface area contributed by atoms with Crippen molar-refractivity contribution < 1.29 is 4.52 Å². The van der Waals surface area contributed by atoms with Gasteiger partial charge in [0.15, 0.2) is 5.82 Å². The van der Waals surface area contributed by atoms with Crippen LogP contribution in [0.25, 0.3) is 5.78 Å². The summed E-state index contributed by atoms with van der Waals surface area (Å²) in [5.74, 6) is 0.884. The van der Waals surface area contributed by atoms with Crippen molar-refractivity contribution in [1.29, 1.82) is 0 Å². The molecule has 2 aromatic rings. The van der Waals surface area contributed by atoms with Crippen molar-refractivity contribution in [2.75, 3.05) is 18.0 Å². The van der Waals surface area contributed by atoms with Gasteiger partial charge in [-0.1, -0.05) is 19.1 Å². The van der Waals surface area contributed by atoms with Gasteiger partial charge in [-0.15, -0.1) is 9.56 Å². The Kier molecular flexibility index (Phi) is 2.58. The summed E-state index contributed by atoms with van der Waals surface area (Å²) in [4.78, 5) is 25.6. The molecule has 0 fully saturated rings. The molecule has 0 spiro atoms. The first kappa shape index (κ1) is 10.9. The predicted molar refractivity (Wildman–Crippen MR) is 64.7 cm³/mol. The van der Waals surface area contributed by atoms with Gasteiger partial charge in [0.25, 0.3) is 5.78 Å². The molecular formula is C11H13N5O2. The van der Waals surface area contributed by atoms with Crippen LogP contribution in [0.4, 0.5) is 5.95 Å². The summed E-state index contributed by atoms with van der Waals surface area (Å²) in [7, 11) is 0. The van der Waals surface area contributed by atoms with Crippen molar-refractivity contribution >= 4 is 11.7 Å². The second kappa shape index (κ2) is 4.25. The van der Waals surface area contributed by atoms with Gasteiger partial charge < -0.3 is 9.42 Å². The fourth-order valence-electron chi connectivity index (χ4n) is 1.97. The van der Waals surface area contributed by atoms with Gasteiger partial charge in [0.1, 0.15) is 0 Å². The maximum Gasteiger partial charge on any atom is 0.461 e. The summed E-state index contributed by atoms with van der Waals surface area (Å²) in [6.45, 7) is 3.60. The molecule has 1 aliphatic heterocycles. The number of hydrogen-bond donors (Lipinski definition) is 0. The molecule has 3 heterocycles. The van der Waals surface area contributed by atoms with Gasteiger partial charge in [-0.2, -0.15) is 9.97 Å². The van der Waals surface area contributed by atoms with Crippen molar-refractivity contribution in [1.82, 2.24) is 19.5 Å². The molecule has 2 aromatic heterocycles. The average Bonchev–Trinajstić information content (AvgIpc) is 2.78. The topological polar surface area (TPSA) is 76.5 Å². The van der Waals surface area contributed by atoms with E-state index < -0.39 is 5.76 Å². The zero-order chi connectivity index (χ0) is 12.5. The third-order valence-corrected chi connectivity index (χ3v) is 2.86. The lowest BCUT2D eigenvalue weighted by molar-refractivity contribution is 0.328. The third-order valence-electron chi connectivity index (χ3n) is 2.86. The van der Waals surface area contributed by atoms with E-state index in [9.17, 15) is 4.79 Å². The van der Waals surface area contributed by atoms with Crippen LogP contribution in [0.3, 0.4) is 0 Å². The second-order valence-electron chi connectivity index (χ2n) is 4.06. The van der Waals surface area contributed by atoms with E-state index in [0.717, 1.165) is 19.5 Å². The highest BCUT2D eigenvalue weighted by molar-refractivity contribution is 5.39. The number of hydrogen-bond acceptors (Lipinski definition) is 6. The van der Waals surface area contributed by atoms with E-state index in [-0.39, 0.29) is 5.78 Å². The van der Waals surface area contributed by atoms with E-state index in [1.54, 1.807) is 0 Å². The van der Waals surface area contributed by atoms with E-state index in [4.69, 9.17) is 4.52 Å². The highest BCUT2D eigenvalue weighted by Gasteiger charge is 2.16. The quantitative estimate of drug-likeness (QED) is 0.715. The lowest BCUT2D eigenvalue weighted by atomic mass is 10.3. The molecule has 0 saturated heterocycles. The molecule has 0 amide bonds. The van der Waals surface area contributed by atoms with Crippen LogP contribution < -0.4 is 10.7 Å². The average molecular weight is 247 g/mol. The summed E-state index contributed by atoms with van der Waals surface area (Å²) in [5, 5.41) is 0. The number of aryl methyl sites for hydroxylation is 1. The standard InChI is InChI=1S/C11H13N5O2/c1-2-8-12-9(15-6-4-3-5-7-15)13-10-14-11(17)18-16(8)10/h3-4H,2,5-7H2,1H3. The lowest BCUT2D eigenvalue weighted by Gasteiger charge is -2.23. The molecule has 0 aromatic carbocycles. The number of rotatable bonds is 2. The predicted octanol–water partition coefficient (Wildman–Crippen LogP) is 0.406. The molecule has 0 saturated carbocycles. The first-order valence-corrected chi connectivity index (χ1v) is 5.95. The van der Waals surface area contributed by atoms with Crippen molar-refractivity contribution in [3.8, 4) is 0 Å². The molecule has 0 unspecified atom stereocenters. The Balaban J connectivity index is 2.12. The molecule has 7 nitrogen and oxygen atoms in total. The second-order valence-corrected chi connectivity index (χ2v) is 4.06. The van der Waals surface area contributed by atoms with Gasteiger partial charge in [-0.25, -0.2) is 4.79 Å². The summed E-state index contributed by atoms with van der Waals surface area (Å²) in [6.07, 6.45) is 5.84. The maximum atomic E-state index is 11.2. The fourth-order valence-corrected chi connectivity index (χ4v) is 1.97. The van der Waals surface area contributed by atoms with Crippen LogP contribution in [0.15, 0.2) is 21.5 Å². The molecule has 1 aliphatic rings. The summed E-state index contributed by atoms with van der Waals surface area (Å²) < 4.78 is 6.22. The van der Waals surface area contributed by atoms with Gasteiger partial charge in [0.05, 0.1) is 0 Å². The smallest absolute Gasteiger partial charge is 0.337 e. The lowest BCUT2D eigenvalue weighted by Crippen LogP contribution is -2.29. The van der Waals surface area contributed by atoms with Gasteiger partial charge >= 0.3 is 5.76 Å². The summed E-state index contributed by atoms with van der Waals surface area (Å²) in [5.41, 5.74) is 0. The van der Waals surface area contributed by atoms with Gasteiger partial charge in [0, 0.05) is 19.5 Å². The molecule has 0 bridgehead atoms. The van der Waals surface area contributed by atoms with Crippen LogP contribution in [-0.4, -0.2) is 32.6 Å². The van der Waals surface area contributed by atoms with Crippen molar-refractivity contribution in [2.45, 2.75) is 19.8 Å². The van der Waals surface area contributed by atoms with Gasteiger partial charge in [-0.3, -0.25) is 0 Å². The first-order chi connectivity index (χ1) is 8.78. The molecule has 0 N–H and O–H groups in total.